The van der Waals surface area contributed by atoms with Gasteiger partial charge in [-0.1, -0.05) is 0 Å². The zero-order valence-electron chi connectivity index (χ0n) is 38.5. The van der Waals surface area contributed by atoms with Crippen molar-refractivity contribution >= 4 is 71.5 Å². The van der Waals surface area contributed by atoms with E-state index in [4.69, 9.17) is 5.11 Å². The predicted molar refractivity (Wildman–Crippen MR) is 227 cm³/mol. The van der Waals surface area contributed by atoms with Crippen LogP contribution >= 0.6 is 0 Å². The summed E-state index contributed by atoms with van der Waals surface area (Å²) in [7, 11) is 1.79. The molecule has 2 aromatic rings. The maximum Gasteiger partial charge on any atom is 0.326 e. The molecule has 31 heteroatoms. The number of carboxylic acid groups (broad SMARTS) is 8. The molecule has 3 atom stereocenters. The molecule has 0 saturated carbocycles. The Morgan fingerprint density at radius 2 is 0.958 bits per heavy atom. The number of hydrogen-bond donors (Lipinski definition) is 11. The number of carbonyl (C=O) groups is 12. The molecule has 2 unspecified atom stereocenters. The van der Waals surface area contributed by atoms with Gasteiger partial charge in [0.1, 0.15) is 69.1 Å². The Labute approximate surface area is 417 Å². The molecule has 0 aromatic carbocycles. The number of fused-ring (bicyclic) bond motifs is 2. The quantitative estimate of drug-likeness (QED) is 0.0159. The number of carboxylic acids is 8. The summed E-state index contributed by atoms with van der Waals surface area (Å²) in [5.41, 5.74) is 0. The molecule has 1 aliphatic heterocycles. The Morgan fingerprint density at radius 3 is 1.32 bits per heavy atom. The number of aromatic nitrogens is 4. The molecule has 11 N–H and O–H groups in total. The number of amides is 5. The Hall–Kier alpha value is -7.53. The fourth-order valence-electron chi connectivity index (χ4n) is 7.36. The van der Waals surface area contributed by atoms with Crippen LogP contribution in [0.3, 0.4) is 0 Å². The molecule has 3 rings (SSSR count). The molecule has 0 bridgehead atoms. The maximum absolute atomic E-state index is 13.3. The number of rotatable bonds is 29. The maximum atomic E-state index is 13.3. The molecular formula is C40H58N10O20Tc+2. The Bertz CT molecular complexity index is 2190. The van der Waals surface area contributed by atoms with Crippen molar-refractivity contribution in [2.24, 2.45) is 0 Å². The minimum absolute atomic E-state index is 0. The van der Waals surface area contributed by atoms with Gasteiger partial charge in [-0.25, -0.2) is 28.3 Å². The molecular weight excluding hydrogens is 1040 g/mol. The molecule has 1 radical (unpaired) electrons. The van der Waals surface area contributed by atoms with E-state index in [1.807, 2.05) is 10.6 Å². The first-order valence-electron chi connectivity index (χ1n) is 20.9. The third-order valence-electron chi connectivity index (χ3n) is 10.7. The predicted octanol–water partition coefficient (Wildman–Crippen LogP) is -4.14. The van der Waals surface area contributed by atoms with Gasteiger partial charge in [0, 0.05) is 32.9 Å². The number of nitrogens with one attached hydrogen (secondary N) is 3. The summed E-state index contributed by atoms with van der Waals surface area (Å²) in [6, 6.07) is -6.17. The van der Waals surface area contributed by atoms with Gasteiger partial charge in [-0.15, -0.1) is 0 Å². The first-order chi connectivity index (χ1) is 32.3. The van der Waals surface area contributed by atoms with Crippen LogP contribution in [0.25, 0.3) is 0 Å². The van der Waals surface area contributed by atoms with Crippen LogP contribution in [0.4, 0.5) is 4.79 Å². The van der Waals surface area contributed by atoms with Crippen molar-refractivity contribution in [1.82, 2.24) is 34.9 Å². The first kappa shape index (κ1) is 61.5. The SMILES string of the molecule is C[N+]1(CCCC[C@@H](NC(=O)CCC(NC(=O)NC(CCC(=O)O)C(=O)O)C(=O)O)C(=O)O)Cc2n(CC(=O)N(CC(=O)O)CC(=O)O)cc[n+]2C[n+]2ccn(CC(=O)N(CC(=O)O)CC(=O)O)c2C1.[99Tc].[CH3-]. The van der Waals surface area contributed by atoms with E-state index in [2.05, 4.69) is 5.32 Å². The standard InChI is InChI=1S/C39H52N10O20.CH3.Tc/c1-49(13-3-2-4-23(36(63)64)40-26(50)7-5-24(37(65)66)41-39(69)42-25(38(67)68)6-8-31(53)54)20-27-43(14-29(51)47(16-32(55)56)17-33(57)58)9-11-45(27)22-46-12-10-44(28(46)21-49)15-30(52)48(18-34(59)60)19-35(61)62;;/h9-12,23-25H,2-8,13-22H2,1H3,(H8-3,40,41,42,50,53,54,55,56,57,58,59,60,61,62,63,64,65,66,67,68,69);1H3;/q;-1;/p+3/t23-,24?,25?;;/m1../s1/i;;1+1. The van der Waals surface area contributed by atoms with E-state index in [9.17, 15) is 93.3 Å². The third-order valence-corrected chi connectivity index (χ3v) is 10.7. The van der Waals surface area contributed by atoms with Crippen LogP contribution < -0.4 is 25.1 Å². The summed E-state index contributed by atoms with van der Waals surface area (Å²) in [6.07, 6.45) is 4.29. The van der Waals surface area contributed by atoms with Crippen molar-refractivity contribution in [3.05, 3.63) is 43.9 Å². The van der Waals surface area contributed by atoms with Crippen LogP contribution in [0.1, 0.15) is 56.6 Å². The van der Waals surface area contributed by atoms with Gasteiger partial charge in [0.05, 0.1) is 13.6 Å². The first-order valence-corrected chi connectivity index (χ1v) is 20.9. The summed E-state index contributed by atoms with van der Waals surface area (Å²) >= 11 is 0. The summed E-state index contributed by atoms with van der Waals surface area (Å²) in [6.45, 7) is -3.89. The second kappa shape index (κ2) is 28.2. The van der Waals surface area contributed by atoms with E-state index in [1.165, 1.54) is 21.5 Å². The van der Waals surface area contributed by atoms with Crippen LogP contribution in [0.5, 0.6) is 0 Å². The zero-order valence-corrected chi connectivity index (χ0v) is 40.4. The number of aliphatic carboxylic acids is 8. The van der Waals surface area contributed by atoms with Crippen molar-refractivity contribution in [3.63, 3.8) is 0 Å². The van der Waals surface area contributed by atoms with Crippen molar-refractivity contribution < 1.29 is 132 Å². The van der Waals surface area contributed by atoms with Gasteiger partial charge in [-0.05, 0) is 32.1 Å². The Kier molecular flexibility index (Phi) is 24.4. The van der Waals surface area contributed by atoms with Crippen molar-refractivity contribution in [2.75, 3.05) is 39.8 Å². The van der Waals surface area contributed by atoms with Gasteiger partial charge in [0.25, 0.3) is 11.8 Å². The second-order valence-corrected chi connectivity index (χ2v) is 16.3. The zero-order chi connectivity index (χ0) is 51.7. The molecule has 3 heterocycles. The van der Waals surface area contributed by atoms with Gasteiger partial charge in [0.2, 0.25) is 12.6 Å². The van der Waals surface area contributed by atoms with Crippen LogP contribution in [0.2, 0.25) is 0 Å². The minimum Gasteiger partial charge on any atom is -0.481 e. The summed E-state index contributed by atoms with van der Waals surface area (Å²) < 4.78 is 6.56. The molecule has 2 aromatic heterocycles. The molecule has 71 heavy (non-hydrogen) atoms. The van der Waals surface area contributed by atoms with E-state index in [0.717, 1.165) is 0 Å². The molecule has 0 saturated heterocycles. The number of urea groups is 1. The number of unbranched alkanes of at least 4 members (excludes halogenated alkanes) is 1. The largest absolute Gasteiger partial charge is 0.481 e. The number of quaternary nitrogens is 1. The van der Waals surface area contributed by atoms with E-state index in [0.29, 0.717) is 21.4 Å². The number of carbonyl (C=O) groups excluding carboxylic acids is 4. The van der Waals surface area contributed by atoms with Crippen LogP contribution in [-0.2, 0) is 106 Å². The van der Waals surface area contributed by atoms with Gasteiger partial charge in [-0.3, -0.25) is 38.4 Å². The van der Waals surface area contributed by atoms with Gasteiger partial charge in [0.15, 0.2) is 26.2 Å². The van der Waals surface area contributed by atoms with Crippen LogP contribution in [0, 0.1) is 7.43 Å². The fraction of sp³-hybridized carbons (Fsp3) is 0.525. The van der Waals surface area contributed by atoms with Crippen molar-refractivity contribution in [1.29, 1.82) is 0 Å². The molecule has 5 amide bonds. The van der Waals surface area contributed by atoms with E-state index in [1.54, 1.807) is 28.6 Å². The Balaban J connectivity index is 0.0000126. The van der Waals surface area contributed by atoms with Crippen LogP contribution in [0.15, 0.2) is 24.8 Å². The third kappa shape index (κ3) is 20.2. The molecule has 30 nitrogen and oxygen atoms in total. The van der Waals surface area contributed by atoms with Gasteiger partial charge < -0.3 is 78.5 Å². The average molecular weight is 1100 g/mol. The molecule has 0 spiro atoms. The molecule has 393 valence electrons. The monoisotopic (exact) mass is 1100 g/mol. The molecule has 0 fully saturated rings. The second-order valence-electron chi connectivity index (χ2n) is 16.3. The van der Waals surface area contributed by atoms with E-state index < -0.39 is 155 Å². The molecule has 0 aliphatic carbocycles. The average Bonchev–Trinajstić information content (AvgIpc) is 3.76. The van der Waals surface area contributed by atoms with Gasteiger partial charge in [-0.2, -0.15) is 9.13 Å². The number of nitrogens with zero attached hydrogens (tertiary/aromatic N) is 7. The van der Waals surface area contributed by atoms with Gasteiger partial charge >= 0.3 is 65.4 Å². The van der Waals surface area contributed by atoms with E-state index in [-0.39, 0.29) is 77.6 Å². The molecule has 1 aliphatic rings. The fourth-order valence-corrected chi connectivity index (χ4v) is 7.36. The summed E-state index contributed by atoms with van der Waals surface area (Å²) in [5.74, 6) is -13.3. The van der Waals surface area contributed by atoms with Crippen molar-refractivity contribution in [3.8, 4) is 0 Å². The number of hydrogen-bond acceptors (Lipinski definition) is 12. The topological polar surface area (TPSA) is 427 Å². The van der Waals surface area contributed by atoms with Crippen LogP contribution in [-0.4, -0.2) is 194 Å². The van der Waals surface area contributed by atoms with Crippen molar-refractivity contribution in [2.45, 2.75) is 95.9 Å². The Morgan fingerprint density at radius 1 is 0.577 bits per heavy atom. The number of imidazole rings is 2. The smallest absolute Gasteiger partial charge is 0.326 e. The summed E-state index contributed by atoms with van der Waals surface area (Å²) in [4.78, 5) is 145. The normalized spacial score (nSPS) is 13.5. The minimum atomic E-state index is -1.74. The summed E-state index contributed by atoms with van der Waals surface area (Å²) in [5, 5.41) is 81.2. The van der Waals surface area contributed by atoms with E-state index >= 15 is 0 Å².